The lowest BCUT2D eigenvalue weighted by atomic mass is 9.99. The maximum Gasteiger partial charge on any atom is 0.160 e. The van der Waals surface area contributed by atoms with Gasteiger partial charge in [-0.2, -0.15) is 0 Å². The first-order valence-electron chi connectivity index (χ1n) is 15.3. The van der Waals surface area contributed by atoms with E-state index in [-0.39, 0.29) is 0 Å². The molecule has 0 aliphatic carbocycles. The maximum absolute atomic E-state index is 5.08. The van der Waals surface area contributed by atoms with Crippen molar-refractivity contribution in [2.75, 3.05) is 0 Å². The molecule has 5 nitrogen and oxygen atoms in total. The number of aryl methyl sites for hydroxylation is 2. The summed E-state index contributed by atoms with van der Waals surface area (Å²) in [6.07, 6.45) is 3.58. The summed E-state index contributed by atoms with van der Waals surface area (Å²) >= 11 is 0. The summed E-state index contributed by atoms with van der Waals surface area (Å²) in [5.41, 5.74) is 13.1. The monoisotopic (exact) mass is 591 g/mol. The van der Waals surface area contributed by atoms with Gasteiger partial charge in [0.1, 0.15) is 0 Å². The predicted molar refractivity (Wildman–Crippen MR) is 187 cm³/mol. The van der Waals surface area contributed by atoms with E-state index >= 15 is 0 Å². The van der Waals surface area contributed by atoms with Crippen molar-refractivity contribution in [2.45, 2.75) is 13.8 Å². The zero-order valence-corrected chi connectivity index (χ0v) is 25.5. The molecule has 0 amide bonds. The molecule has 8 aromatic rings. The third-order valence-electron chi connectivity index (χ3n) is 8.40. The Hall–Kier alpha value is -6.07. The van der Waals surface area contributed by atoms with Gasteiger partial charge < -0.3 is 0 Å². The van der Waals surface area contributed by atoms with Gasteiger partial charge in [0, 0.05) is 51.1 Å². The Balaban J connectivity index is 1.11. The van der Waals surface area contributed by atoms with E-state index < -0.39 is 0 Å². The Bertz CT molecular complexity index is 2290. The highest BCUT2D eigenvalue weighted by Crippen LogP contribution is 2.32. The molecule has 0 aliphatic heterocycles. The molecule has 46 heavy (non-hydrogen) atoms. The van der Waals surface area contributed by atoms with Crippen molar-refractivity contribution in [2.24, 2.45) is 0 Å². The van der Waals surface area contributed by atoms with E-state index in [9.17, 15) is 0 Å². The first-order chi connectivity index (χ1) is 22.6. The van der Waals surface area contributed by atoms with Crippen LogP contribution in [0.4, 0.5) is 0 Å². The molecule has 218 valence electrons. The van der Waals surface area contributed by atoms with Crippen molar-refractivity contribution < 1.29 is 0 Å². The second kappa shape index (κ2) is 11.5. The number of hydrogen-bond acceptors (Lipinski definition) is 5. The first-order valence-corrected chi connectivity index (χ1v) is 15.3. The number of pyridine rings is 3. The molecule has 0 radical (unpaired) electrons. The van der Waals surface area contributed by atoms with Gasteiger partial charge in [-0.05, 0) is 60.9 Å². The lowest BCUT2D eigenvalue weighted by Crippen LogP contribution is -1.96. The van der Waals surface area contributed by atoms with Crippen LogP contribution in [0.3, 0.4) is 0 Å². The van der Waals surface area contributed by atoms with E-state index in [1.807, 2.05) is 55.5 Å². The quantitative estimate of drug-likeness (QED) is 0.186. The smallest absolute Gasteiger partial charge is 0.160 e. The van der Waals surface area contributed by atoms with Gasteiger partial charge >= 0.3 is 0 Å². The molecule has 0 bridgehead atoms. The lowest BCUT2D eigenvalue weighted by molar-refractivity contribution is 1.18. The Kier molecular flexibility index (Phi) is 6.84. The van der Waals surface area contributed by atoms with Crippen LogP contribution in [0.2, 0.25) is 0 Å². The summed E-state index contributed by atoms with van der Waals surface area (Å²) in [4.78, 5) is 24.0. The van der Waals surface area contributed by atoms with Gasteiger partial charge in [-0.3, -0.25) is 9.97 Å². The molecule has 0 saturated heterocycles. The van der Waals surface area contributed by atoms with E-state index in [0.717, 1.165) is 78.0 Å². The van der Waals surface area contributed by atoms with Crippen LogP contribution >= 0.6 is 0 Å². The van der Waals surface area contributed by atoms with Crippen LogP contribution in [0.5, 0.6) is 0 Å². The largest absolute Gasteiger partial charge is 0.265 e. The van der Waals surface area contributed by atoms with E-state index in [4.69, 9.17) is 19.9 Å². The number of hydrogen-bond donors (Lipinski definition) is 0. The zero-order valence-electron chi connectivity index (χ0n) is 25.5. The second-order valence-electron chi connectivity index (χ2n) is 11.5. The van der Waals surface area contributed by atoms with Crippen molar-refractivity contribution in [1.82, 2.24) is 24.9 Å². The molecule has 4 aromatic heterocycles. The van der Waals surface area contributed by atoms with E-state index in [1.165, 1.54) is 5.56 Å². The third-order valence-corrected chi connectivity index (χ3v) is 8.40. The predicted octanol–water partition coefficient (Wildman–Crippen LogP) is 9.92. The molecular weight excluding hydrogens is 562 g/mol. The number of aromatic nitrogens is 5. The average molecular weight is 592 g/mol. The third kappa shape index (κ3) is 5.18. The average Bonchev–Trinajstić information content (AvgIpc) is 3.12. The highest BCUT2D eigenvalue weighted by molar-refractivity contribution is 6.04. The maximum atomic E-state index is 5.08. The fourth-order valence-corrected chi connectivity index (χ4v) is 6.01. The summed E-state index contributed by atoms with van der Waals surface area (Å²) < 4.78 is 0. The minimum Gasteiger partial charge on any atom is -0.265 e. The minimum absolute atomic E-state index is 0.695. The molecular formula is C41H29N5. The van der Waals surface area contributed by atoms with Crippen LogP contribution in [0, 0.1) is 13.8 Å². The van der Waals surface area contributed by atoms with Gasteiger partial charge in [0.05, 0.1) is 28.1 Å². The van der Waals surface area contributed by atoms with Gasteiger partial charge in [-0.1, -0.05) is 97.1 Å². The van der Waals surface area contributed by atoms with Crippen molar-refractivity contribution in [3.63, 3.8) is 0 Å². The van der Waals surface area contributed by atoms with Gasteiger partial charge in [0.2, 0.25) is 0 Å². The molecule has 0 saturated carbocycles. The summed E-state index contributed by atoms with van der Waals surface area (Å²) in [6, 6.07) is 43.9. The van der Waals surface area contributed by atoms with Gasteiger partial charge in [-0.25, -0.2) is 15.0 Å². The molecule has 4 heterocycles. The number of fused-ring (bicyclic) bond motifs is 3. The van der Waals surface area contributed by atoms with E-state index in [1.54, 1.807) is 12.4 Å². The summed E-state index contributed by atoms with van der Waals surface area (Å²) in [5, 5.41) is 2.24. The van der Waals surface area contributed by atoms with Crippen LogP contribution in [0.25, 0.3) is 78.1 Å². The van der Waals surface area contributed by atoms with E-state index in [2.05, 4.69) is 90.8 Å². The first kappa shape index (κ1) is 27.5. The Morgan fingerprint density at radius 1 is 0.413 bits per heavy atom. The standard InChI is InChI=1S/C41H29N5/c1-26-24-27(2)43-40-35(26)18-16-33-17-19-36(44-39(33)40)30-12-8-28(9-13-30)29-10-14-31(15-11-29)37-25-38(32-20-22-42-23-21-32)46-41(45-37)34-6-4-3-5-7-34/h3-25H,1-2H3. The van der Waals surface area contributed by atoms with E-state index in [0.29, 0.717) is 5.82 Å². The number of nitrogens with zero attached hydrogens (tertiary/aromatic N) is 5. The topological polar surface area (TPSA) is 64.5 Å². The summed E-state index contributed by atoms with van der Waals surface area (Å²) in [5.74, 6) is 0.695. The molecule has 5 heteroatoms. The second-order valence-corrected chi connectivity index (χ2v) is 11.5. The normalized spacial score (nSPS) is 11.3. The van der Waals surface area contributed by atoms with Crippen LogP contribution in [0.15, 0.2) is 140 Å². The SMILES string of the molecule is Cc1cc(C)c2ccc3ccc(-c4ccc(-c5ccc(-c6cc(-c7ccncc7)nc(-c7ccccc7)n6)cc5)cc4)nc3c2n1. The lowest BCUT2D eigenvalue weighted by Gasteiger charge is -2.10. The molecule has 0 unspecified atom stereocenters. The molecule has 0 N–H and O–H groups in total. The Labute approximate surface area is 267 Å². The molecule has 4 aromatic carbocycles. The van der Waals surface area contributed by atoms with Gasteiger partial charge in [0.25, 0.3) is 0 Å². The van der Waals surface area contributed by atoms with Crippen LogP contribution in [-0.2, 0) is 0 Å². The van der Waals surface area contributed by atoms with Crippen LogP contribution in [-0.4, -0.2) is 24.9 Å². The molecule has 0 spiro atoms. The van der Waals surface area contributed by atoms with Crippen molar-refractivity contribution >= 4 is 21.8 Å². The van der Waals surface area contributed by atoms with Crippen molar-refractivity contribution in [3.05, 3.63) is 151 Å². The zero-order chi connectivity index (χ0) is 31.0. The molecule has 8 rings (SSSR count). The fourth-order valence-electron chi connectivity index (χ4n) is 6.01. The minimum atomic E-state index is 0.695. The molecule has 0 atom stereocenters. The fraction of sp³-hybridized carbons (Fsp3) is 0.0488. The van der Waals surface area contributed by atoms with Crippen LogP contribution < -0.4 is 0 Å². The highest BCUT2D eigenvalue weighted by Gasteiger charge is 2.12. The van der Waals surface area contributed by atoms with Gasteiger partial charge in [-0.15, -0.1) is 0 Å². The highest BCUT2D eigenvalue weighted by atomic mass is 14.9. The number of rotatable bonds is 5. The van der Waals surface area contributed by atoms with Crippen LogP contribution in [0.1, 0.15) is 11.3 Å². The Morgan fingerprint density at radius 3 is 1.67 bits per heavy atom. The molecule has 0 aliphatic rings. The number of benzene rings is 4. The van der Waals surface area contributed by atoms with Gasteiger partial charge in [0.15, 0.2) is 5.82 Å². The van der Waals surface area contributed by atoms with Crippen molar-refractivity contribution in [1.29, 1.82) is 0 Å². The van der Waals surface area contributed by atoms with Crippen molar-refractivity contribution in [3.8, 4) is 56.3 Å². The summed E-state index contributed by atoms with van der Waals surface area (Å²) in [7, 11) is 0. The summed E-state index contributed by atoms with van der Waals surface area (Å²) in [6.45, 7) is 4.17. The Morgan fingerprint density at radius 2 is 1.00 bits per heavy atom. The molecule has 0 fully saturated rings.